The average molecular weight is 279 g/mol. The van der Waals surface area contributed by atoms with E-state index in [4.69, 9.17) is 9.47 Å². The third kappa shape index (κ3) is 6.06. The lowest BCUT2D eigenvalue weighted by molar-refractivity contribution is -0.143. The lowest BCUT2D eigenvalue weighted by Crippen LogP contribution is -2.39. The number of hydrogen-bond acceptors (Lipinski definition) is 4. The number of nitrogens with one attached hydrogen (secondary N) is 1. The van der Waals surface area contributed by atoms with Gasteiger partial charge in [-0.2, -0.15) is 0 Å². The molecule has 0 amide bonds. The molecule has 4 heteroatoms. The lowest BCUT2D eigenvalue weighted by atomic mass is 10.1. The van der Waals surface area contributed by atoms with Gasteiger partial charge in [0.25, 0.3) is 0 Å². The molecular formula is C16H25NO3. The lowest BCUT2D eigenvalue weighted by Gasteiger charge is -2.16. The number of rotatable bonds is 9. The van der Waals surface area contributed by atoms with Gasteiger partial charge in [-0.15, -0.1) is 0 Å². The molecule has 1 rings (SSSR count). The van der Waals surface area contributed by atoms with Gasteiger partial charge in [0.05, 0.1) is 7.11 Å². The van der Waals surface area contributed by atoms with Crippen LogP contribution in [0.3, 0.4) is 0 Å². The fourth-order valence-electron chi connectivity index (χ4n) is 1.96. The van der Waals surface area contributed by atoms with Crippen LogP contribution in [0.4, 0.5) is 0 Å². The fourth-order valence-corrected chi connectivity index (χ4v) is 1.96. The molecule has 20 heavy (non-hydrogen) atoms. The van der Waals surface area contributed by atoms with E-state index in [1.807, 2.05) is 31.2 Å². The van der Waals surface area contributed by atoms with Gasteiger partial charge in [0.15, 0.2) is 0 Å². The first-order chi connectivity index (χ1) is 9.67. The fraction of sp³-hybridized carbons (Fsp3) is 0.562. The first-order valence-electron chi connectivity index (χ1n) is 7.18. The molecule has 0 aliphatic heterocycles. The topological polar surface area (TPSA) is 47.6 Å². The summed E-state index contributed by atoms with van der Waals surface area (Å²) in [5, 5.41) is 3.19. The van der Waals surface area contributed by atoms with E-state index in [2.05, 4.69) is 12.2 Å². The molecule has 0 spiro atoms. The molecule has 0 aliphatic rings. The normalized spacial score (nSPS) is 11.9. The number of benzene rings is 1. The minimum Gasteiger partial charge on any atom is -0.492 e. The molecule has 1 aromatic carbocycles. The maximum absolute atomic E-state index is 11.6. The van der Waals surface area contributed by atoms with E-state index in [0.717, 1.165) is 25.0 Å². The molecule has 0 aliphatic carbocycles. The van der Waals surface area contributed by atoms with Crippen LogP contribution in [0.2, 0.25) is 0 Å². The van der Waals surface area contributed by atoms with Gasteiger partial charge in [0.2, 0.25) is 0 Å². The van der Waals surface area contributed by atoms with E-state index >= 15 is 0 Å². The molecule has 1 unspecified atom stereocenters. The van der Waals surface area contributed by atoms with Crippen LogP contribution in [0.15, 0.2) is 24.3 Å². The van der Waals surface area contributed by atoms with E-state index in [-0.39, 0.29) is 12.0 Å². The summed E-state index contributed by atoms with van der Waals surface area (Å²) in [6.45, 7) is 5.29. The zero-order valence-corrected chi connectivity index (χ0v) is 12.6. The van der Waals surface area contributed by atoms with Crippen LogP contribution in [-0.2, 0) is 9.53 Å². The number of esters is 1. The van der Waals surface area contributed by atoms with Crippen molar-refractivity contribution in [3.8, 4) is 5.75 Å². The molecule has 0 heterocycles. The zero-order chi connectivity index (χ0) is 14.8. The van der Waals surface area contributed by atoms with Crippen LogP contribution >= 0.6 is 0 Å². The third-order valence-electron chi connectivity index (χ3n) is 3.08. The predicted octanol–water partition coefficient (Wildman–Crippen LogP) is 2.70. The Balaban J connectivity index is 2.31. The van der Waals surface area contributed by atoms with Gasteiger partial charge in [-0.3, -0.25) is 4.79 Å². The van der Waals surface area contributed by atoms with Gasteiger partial charge in [-0.25, -0.2) is 0 Å². The SMILES string of the molecule is CCCCC(NCCOc1cccc(C)c1)C(=O)OC. The highest BCUT2D eigenvalue weighted by molar-refractivity contribution is 5.75. The Morgan fingerprint density at radius 3 is 2.85 bits per heavy atom. The van der Waals surface area contributed by atoms with Gasteiger partial charge in [-0.05, 0) is 31.0 Å². The molecule has 112 valence electrons. The Labute approximate surface area is 121 Å². The first kappa shape index (κ1) is 16.5. The van der Waals surface area contributed by atoms with Crippen LogP contribution in [0.25, 0.3) is 0 Å². The van der Waals surface area contributed by atoms with Crippen molar-refractivity contribution in [2.24, 2.45) is 0 Å². The van der Waals surface area contributed by atoms with E-state index in [0.29, 0.717) is 13.2 Å². The highest BCUT2D eigenvalue weighted by Gasteiger charge is 2.17. The minimum atomic E-state index is -0.235. The Kier molecular flexibility index (Phi) is 7.73. The summed E-state index contributed by atoms with van der Waals surface area (Å²) >= 11 is 0. The van der Waals surface area contributed by atoms with Crippen molar-refractivity contribution in [3.63, 3.8) is 0 Å². The van der Waals surface area contributed by atoms with Crippen molar-refractivity contribution in [2.45, 2.75) is 39.2 Å². The average Bonchev–Trinajstić information content (AvgIpc) is 2.46. The van der Waals surface area contributed by atoms with Crippen molar-refractivity contribution < 1.29 is 14.3 Å². The Bertz CT molecular complexity index is 406. The number of ether oxygens (including phenoxy) is 2. The highest BCUT2D eigenvalue weighted by atomic mass is 16.5. The molecule has 1 N–H and O–H groups in total. The first-order valence-corrected chi connectivity index (χ1v) is 7.18. The van der Waals surface area contributed by atoms with Crippen molar-refractivity contribution >= 4 is 5.97 Å². The van der Waals surface area contributed by atoms with Gasteiger partial charge in [0.1, 0.15) is 18.4 Å². The van der Waals surface area contributed by atoms with Gasteiger partial charge >= 0.3 is 5.97 Å². The van der Waals surface area contributed by atoms with Crippen molar-refractivity contribution in [2.75, 3.05) is 20.3 Å². The smallest absolute Gasteiger partial charge is 0.322 e. The second-order valence-corrected chi connectivity index (χ2v) is 4.84. The minimum absolute atomic E-state index is 0.200. The predicted molar refractivity (Wildman–Crippen MR) is 80.0 cm³/mol. The Hall–Kier alpha value is -1.55. The van der Waals surface area contributed by atoms with Crippen LogP contribution in [0, 0.1) is 6.92 Å². The van der Waals surface area contributed by atoms with Crippen molar-refractivity contribution in [1.29, 1.82) is 0 Å². The molecule has 0 bridgehead atoms. The Morgan fingerprint density at radius 1 is 1.40 bits per heavy atom. The summed E-state index contributed by atoms with van der Waals surface area (Å²) in [6.07, 6.45) is 2.87. The Morgan fingerprint density at radius 2 is 2.20 bits per heavy atom. The van der Waals surface area contributed by atoms with Crippen molar-refractivity contribution in [1.82, 2.24) is 5.32 Å². The van der Waals surface area contributed by atoms with Crippen molar-refractivity contribution in [3.05, 3.63) is 29.8 Å². The molecule has 1 atom stereocenters. The van der Waals surface area contributed by atoms with Gasteiger partial charge in [0, 0.05) is 6.54 Å². The summed E-state index contributed by atoms with van der Waals surface area (Å²) in [4.78, 5) is 11.6. The summed E-state index contributed by atoms with van der Waals surface area (Å²) in [6, 6.07) is 7.69. The molecule has 0 aromatic heterocycles. The van der Waals surface area contributed by atoms with E-state index in [9.17, 15) is 4.79 Å². The molecule has 1 aromatic rings. The molecule has 0 saturated carbocycles. The molecule has 0 saturated heterocycles. The van der Waals surface area contributed by atoms with E-state index in [1.54, 1.807) is 0 Å². The quantitative estimate of drug-likeness (QED) is 0.558. The zero-order valence-electron chi connectivity index (χ0n) is 12.6. The van der Waals surface area contributed by atoms with Crippen LogP contribution < -0.4 is 10.1 Å². The second-order valence-electron chi connectivity index (χ2n) is 4.84. The number of carbonyl (C=O) groups excluding carboxylic acids is 1. The van der Waals surface area contributed by atoms with E-state index < -0.39 is 0 Å². The summed E-state index contributed by atoms with van der Waals surface area (Å²) < 4.78 is 10.4. The number of hydrogen-bond donors (Lipinski definition) is 1. The largest absolute Gasteiger partial charge is 0.492 e. The van der Waals surface area contributed by atoms with Crippen LogP contribution in [-0.4, -0.2) is 32.3 Å². The molecular weight excluding hydrogens is 254 g/mol. The maximum atomic E-state index is 11.6. The summed E-state index contributed by atoms with van der Waals surface area (Å²) in [7, 11) is 1.42. The van der Waals surface area contributed by atoms with Gasteiger partial charge in [-0.1, -0.05) is 31.9 Å². The van der Waals surface area contributed by atoms with Crippen LogP contribution in [0.1, 0.15) is 31.7 Å². The standard InChI is InChI=1S/C16H25NO3/c1-4-5-9-15(16(18)19-3)17-10-11-20-14-8-6-7-13(2)12-14/h6-8,12,15,17H,4-5,9-11H2,1-3H3. The number of aryl methyl sites for hydroxylation is 1. The van der Waals surface area contributed by atoms with Gasteiger partial charge < -0.3 is 14.8 Å². The summed E-state index contributed by atoms with van der Waals surface area (Å²) in [5.41, 5.74) is 1.17. The maximum Gasteiger partial charge on any atom is 0.322 e. The number of carbonyl (C=O) groups is 1. The summed E-state index contributed by atoms with van der Waals surface area (Å²) in [5.74, 6) is 0.656. The van der Waals surface area contributed by atoms with E-state index in [1.165, 1.54) is 12.7 Å². The molecule has 4 nitrogen and oxygen atoms in total. The second kappa shape index (κ2) is 9.37. The van der Waals surface area contributed by atoms with Crippen LogP contribution in [0.5, 0.6) is 5.75 Å². The molecule has 0 radical (unpaired) electrons. The monoisotopic (exact) mass is 279 g/mol. The number of methoxy groups -OCH3 is 1. The highest BCUT2D eigenvalue weighted by Crippen LogP contribution is 2.11. The third-order valence-corrected chi connectivity index (χ3v) is 3.08. The molecule has 0 fully saturated rings. The number of unbranched alkanes of at least 4 members (excludes halogenated alkanes) is 1.